The quantitative estimate of drug-likeness (QED) is 0.859. The highest BCUT2D eigenvalue weighted by Crippen LogP contribution is 2.38. The maximum atomic E-state index is 10.7. The molecule has 0 aliphatic heterocycles. The number of aliphatic hydroxyl groups excluding tert-OH is 1. The van der Waals surface area contributed by atoms with E-state index in [0.29, 0.717) is 18.4 Å². The number of aliphatic hydroxyl groups is 1. The molecule has 3 N–H and O–H groups in total. The predicted octanol–water partition coefficient (Wildman–Crippen LogP) is 2.83. The summed E-state index contributed by atoms with van der Waals surface area (Å²) in [5.41, 5.74) is 8.38. The van der Waals surface area contributed by atoms with E-state index in [1.54, 1.807) is 0 Å². The molecule has 100 valence electrons. The van der Waals surface area contributed by atoms with Gasteiger partial charge in [-0.15, -0.1) is 0 Å². The van der Waals surface area contributed by atoms with Crippen LogP contribution < -0.4 is 5.73 Å². The highest BCUT2D eigenvalue weighted by molar-refractivity contribution is 5.30. The maximum absolute atomic E-state index is 10.7. The van der Waals surface area contributed by atoms with Crippen LogP contribution in [0.25, 0.3) is 0 Å². The second-order valence-electron chi connectivity index (χ2n) is 5.76. The lowest BCUT2D eigenvalue weighted by molar-refractivity contribution is 0.0663. The third-order valence-corrected chi connectivity index (χ3v) is 4.62. The molecule has 4 unspecified atom stereocenters. The van der Waals surface area contributed by atoms with Crippen LogP contribution in [0, 0.1) is 18.8 Å². The van der Waals surface area contributed by atoms with Crippen LogP contribution in [0.3, 0.4) is 0 Å². The smallest absolute Gasteiger partial charge is 0.0651 e. The fourth-order valence-corrected chi connectivity index (χ4v) is 3.43. The average molecular weight is 247 g/mol. The van der Waals surface area contributed by atoms with Crippen molar-refractivity contribution in [3.8, 4) is 0 Å². The molecule has 4 atom stereocenters. The third-order valence-electron chi connectivity index (χ3n) is 4.62. The minimum absolute atomic E-state index is 0.0803. The van der Waals surface area contributed by atoms with E-state index in [-0.39, 0.29) is 12.0 Å². The largest absolute Gasteiger partial charge is 0.392 e. The molecule has 0 aromatic heterocycles. The van der Waals surface area contributed by atoms with Crippen molar-refractivity contribution in [3.05, 3.63) is 35.4 Å². The Morgan fingerprint density at radius 2 is 2.06 bits per heavy atom. The average Bonchev–Trinajstić information content (AvgIpc) is 2.78. The summed E-state index contributed by atoms with van der Waals surface area (Å²) in [5, 5.41) is 10.7. The first-order valence-corrected chi connectivity index (χ1v) is 7.08. The molecule has 1 aliphatic rings. The zero-order chi connectivity index (χ0) is 13.1. The van der Waals surface area contributed by atoms with Crippen molar-refractivity contribution in [2.24, 2.45) is 17.6 Å². The first-order chi connectivity index (χ1) is 8.65. The van der Waals surface area contributed by atoms with Gasteiger partial charge in [-0.3, -0.25) is 0 Å². The molecule has 2 heteroatoms. The van der Waals surface area contributed by atoms with Crippen molar-refractivity contribution < 1.29 is 5.11 Å². The fraction of sp³-hybridized carbons (Fsp3) is 0.625. The van der Waals surface area contributed by atoms with E-state index in [2.05, 4.69) is 26.0 Å². The highest BCUT2D eigenvalue weighted by Gasteiger charge is 2.34. The molecule has 2 nitrogen and oxygen atoms in total. The summed E-state index contributed by atoms with van der Waals surface area (Å²) < 4.78 is 0. The molecule has 0 bridgehead atoms. The predicted molar refractivity (Wildman–Crippen MR) is 75.5 cm³/mol. The Morgan fingerprint density at radius 3 is 2.61 bits per heavy atom. The summed E-state index contributed by atoms with van der Waals surface area (Å²) in [6.07, 6.45) is 3.33. The lowest BCUT2D eigenvalue weighted by atomic mass is 9.80. The standard InChI is InChI=1S/C16H25NO/c1-11-6-3-4-8-13(11)15(10-17)16(18)14-9-5-7-12(14)2/h3-4,6,8,12,14-16,18H,5,7,9-10,17H2,1-2H3. The van der Waals surface area contributed by atoms with Crippen LogP contribution in [0.4, 0.5) is 0 Å². The summed E-state index contributed by atoms with van der Waals surface area (Å²) in [7, 11) is 0. The van der Waals surface area contributed by atoms with Gasteiger partial charge in [-0.05, 0) is 36.3 Å². The molecular formula is C16H25NO. The molecule has 0 heterocycles. The van der Waals surface area contributed by atoms with Crippen LogP contribution in [0.5, 0.6) is 0 Å². The number of aryl methyl sites for hydroxylation is 1. The van der Waals surface area contributed by atoms with Gasteiger partial charge in [0, 0.05) is 12.5 Å². The van der Waals surface area contributed by atoms with Gasteiger partial charge in [0.2, 0.25) is 0 Å². The first kappa shape index (κ1) is 13.6. The topological polar surface area (TPSA) is 46.2 Å². The van der Waals surface area contributed by atoms with Crippen molar-refractivity contribution >= 4 is 0 Å². The van der Waals surface area contributed by atoms with Gasteiger partial charge in [0.25, 0.3) is 0 Å². The summed E-state index contributed by atoms with van der Waals surface area (Å²) in [4.78, 5) is 0. The number of hydrogen-bond donors (Lipinski definition) is 2. The Balaban J connectivity index is 2.20. The van der Waals surface area contributed by atoms with E-state index in [1.807, 2.05) is 12.1 Å². The minimum Gasteiger partial charge on any atom is -0.392 e. The lowest BCUT2D eigenvalue weighted by Gasteiger charge is -2.30. The van der Waals surface area contributed by atoms with Crippen LogP contribution >= 0.6 is 0 Å². The molecule has 18 heavy (non-hydrogen) atoms. The molecule has 0 spiro atoms. The van der Waals surface area contributed by atoms with E-state index < -0.39 is 0 Å². The van der Waals surface area contributed by atoms with E-state index >= 15 is 0 Å². The van der Waals surface area contributed by atoms with Crippen molar-refractivity contribution in [1.82, 2.24) is 0 Å². The summed E-state index contributed by atoms with van der Waals surface area (Å²) in [6.45, 7) is 4.88. The second kappa shape index (κ2) is 5.85. The Labute approximate surface area is 110 Å². The van der Waals surface area contributed by atoms with Crippen LogP contribution in [0.15, 0.2) is 24.3 Å². The Bertz CT molecular complexity index is 390. The number of hydrogen-bond acceptors (Lipinski definition) is 2. The van der Waals surface area contributed by atoms with Gasteiger partial charge in [0.05, 0.1) is 6.10 Å². The molecule has 1 aromatic rings. The van der Waals surface area contributed by atoms with Gasteiger partial charge in [0.1, 0.15) is 0 Å². The number of nitrogens with two attached hydrogens (primary N) is 1. The molecule has 1 saturated carbocycles. The third kappa shape index (κ3) is 2.60. The SMILES string of the molecule is Cc1ccccc1C(CN)C(O)C1CCCC1C. The molecule has 2 rings (SSSR count). The van der Waals surface area contributed by atoms with E-state index in [9.17, 15) is 5.11 Å². The van der Waals surface area contributed by atoms with Crippen LogP contribution in [0.1, 0.15) is 43.2 Å². The van der Waals surface area contributed by atoms with Gasteiger partial charge < -0.3 is 10.8 Å². The minimum atomic E-state index is -0.298. The molecular weight excluding hydrogens is 222 g/mol. The fourth-order valence-electron chi connectivity index (χ4n) is 3.43. The monoisotopic (exact) mass is 247 g/mol. The van der Waals surface area contributed by atoms with Gasteiger partial charge in [0.15, 0.2) is 0 Å². The van der Waals surface area contributed by atoms with Gasteiger partial charge in [-0.25, -0.2) is 0 Å². The molecule has 0 amide bonds. The molecule has 1 aliphatic carbocycles. The number of rotatable bonds is 4. The number of benzene rings is 1. The van der Waals surface area contributed by atoms with Crippen LogP contribution in [-0.4, -0.2) is 17.8 Å². The Hall–Kier alpha value is -0.860. The van der Waals surface area contributed by atoms with E-state index in [1.165, 1.54) is 24.0 Å². The second-order valence-corrected chi connectivity index (χ2v) is 5.76. The molecule has 0 radical (unpaired) electrons. The summed E-state index contributed by atoms with van der Waals surface area (Å²) in [5.74, 6) is 1.12. The van der Waals surface area contributed by atoms with Crippen molar-refractivity contribution in [1.29, 1.82) is 0 Å². The van der Waals surface area contributed by atoms with Crippen molar-refractivity contribution in [2.45, 2.75) is 45.1 Å². The zero-order valence-corrected chi connectivity index (χ0v) is 11.5. The zero-order valence-electron chi connectivity index (χ0n) is 11.5. The van der Waals surface area contributed by atoms with Gasteiger partial charge >= 0.3 is 0 Å². The molecule has 1 fully saturated rings. The van der Waals surface area contributed by atoms with Crippen LogP contribution in [-0.2, 0) is 0 Å². The molecule has 0 saturated heterocycles. The first-order valence-electron chi connectivity index (χ1n) is 7.08. The Kier molecular flexibility index (Phi) is 4.41. The van der Waals surface area contributed by atoms with Gasteiger partial charge in [-0.1, -0.05) is 44.0 Å². The van der Waals surface area contributed by atoms with Crippen LogP contribution in [0.2, 0.25) is 0 Å². The lowest BCUT2D eigenvalue weighted by Crippen LogP contribution is -2.34. The maximum Gasteiger partial charge on any atom is 0.0651 e. The van der Waals surface area contributed by atoms with Gasteiger partial charge in [-0.2, -0.15) is 0 Å². The summed E-state index contributed by atoms with van der Waals surface area (Å²) >= 11 is 0. The highest BCUT2D eigenvalue weighted by atomic mass is 16.3. The van der Waals surface area contributed by atoms with Crippen molar-refractivity contribution in [2.75, 3.05) is 6.54 Å². The summed E-state index contributed by atoms with van der Waals surface area (Å²) in [6, 6.07) is 8.28. The normalized spacial score (nSPS) is 27.1. The van der Waals surface area contributed by atoms with Crippen molar-refractivity contribution in [3.63, 3.8) is 0 Å². The molecule has 1 aromatic carbocycles. The Morgan fingerprint density at radius 1 is 1.33 bits per heavy atom. The van der Waals surface area contributed by atoms with E-state index in [4.69, 9.17) is 5.73 Å². The van der Waals surface area contributed by atoms with E-state index in [0.717, 1.165) is 6.42 Å².